The molecule has 1 unspecified atom stereocenters. The summed E-state index contributed by atoms with van der Waals surface area (Å²) in [5, 5.41) is 16.2. The summed E-state index contributed by atoms with van der Waals surface area (Å²) in [7, 11) is 0. The van der Waals surface area contributed by atoms with Gasteiger partial charge in [-0.3, -0.25) is 9.69 Å². The van der Waals surface area contributed by atoms with Crippen LogP contribution in [0.15, 0.2) is 6.20 Å². The predicted octanol–water partition coefficient (Wildman–Crippen LogP) is -0.0431. The van der Waals surface area contributed by atoms with Gasteiger partial charge in [0.1, 0.15) is 6.54 Å². The third-order valence-corrected chi connectivity index (χ3v) is 2.71. The van der Waals surface area contributed by atoms with Crippen LogP contribution in [0, 0.1) is 0 Å². The van der Waals surface area contributed by atoms with Crippen molar-refractivity contribution in [3.8, 4) is 0 Å². The van der Waals surface area contributed by atoms with Gasteiger partial charge in [-0.2, -0.15) is 0 Å². The molecule has 0 radical (unpaired) electrons. The standard InChI is InChI=1S/C9H14N4O2/c1-7-2-3-12(7)4-8-5-13(11-10-8)6-9(14)15/h5,7H,2-4,6H2,1H3,(H,14,15). The summed E-state index contributed by atoms with van der Waals surface area (Å²) in [6.45, 7) is 3.90. The van der Waals surface area contributed by atoms with Crippen molar-refractivity contribution >= 4 is 5.97 Å². The molecule has 6 nitrogen and oxygen atoms in total. The maximum Gasteiger partial charge on any atom is 0.325 e. The second-order valence-electron chi connectivity index (χ2n) is 3.91. The molecule has 2 heterocycles. The molecule has 0 spiro atoms. The van der Waals surface area contributed by atoms with Gasteiger partial charge in [0.05, 0.1) is 11.9 Å². The molecule has 1 aromatic rings. The molecule has 0 aliphatic carbocycles. The highest BCUT2D eigenvalue weighted by Crippen LogP contribution is 2.18. The average molecular weight is 210 g/mol. The van der Waals surface area contributed by atoms with Gasteiger partial charge in [0.15, 0.2) is 0 Å². The Morgan fingerprint density at radius 1 is 1.73 bits per heavy atom. The van der Waals surface area contributed by atoms with Crippen LogP contribution in [0.2, 0.25) is 0 Å². The van der Waals surface area contributed by atoms with Gasteiger partial charge in [0.2, 0.25) is 0 Å². The first-order chi connectivity index (χ1) is 7.15. The maximum atomic E-state index is 10.4. The highest BCUT2D eigenvalue weighted by molar-refractivity contribution is 5.66. The third-order valence-electron chi connectivity index (χ3n) is 2.71. The monoisotopic (exact) mass is 210 g/mol. The Bertz CT molecular complexity index is 363. The van der Waals surface area contributed by atoms with E-state index in [1.807, 2.05) is 0 Å². The molecule has 0 aromatic carbocycles. The second-order valence-corrected chi connectivity index (χ2v) is 3.91. The summed E-state index contributed by atoms with van der Waals surface area (Å²) in [6, 6.07) is 0.606. The van der Waals surface area contributed by atoms with E-state index in [0.29, 0.717) is 6.04 Å². The lowest BCUT2D eigenvalue weighted by Crippen LogP contribution is -2.44. The number of carboxylic acid groups (broad SMARTS) is 1. The van der Waals surface area contributed by atoms with E-state index >= 15 is 0 Å². The second kappa shape index (κ2) is 3.98. The van der Waals surface area contributed by atoms with Gasteiger partial charge in [0, 0.05) is 19.1 Å². The summed E-state index contributed by atoms with van der Waals surface area (Å²) in [5.74, 6) is -0.899. The van der Waals surface area contributed by atoms with Gasteiger partial charge in [-0.25, -0.2) is 4.68 Å². The van der Waals surface area contributed by atoms with E-state index in [0.717, 1.165) is 18.8 Å². The van der Waals surface area contributed by atoms with Crippen molar-refractivity contribution in [3.05, 3.63) is 11.9 Å². The summed E-state index contributed by atoms with van der Waals surface area (Å²) in [5.41, 5.74) is 0.836. The van der Waals surface area contributed by atoms with Crippen LogP contribution < -0.4 is 0 Å². The highest BCUT2D eigenvalue weighted by Gasteiger charge is 2.24. The zero-order valence-corrected chi connectivity index (χ0v) is 8.63. The van der Waals surface area contributed by atoms with E-state index in [1.54, 1.807) is 6.20 Å². The van der Waals surface area contributed by atoms with Crippen LogP contribution in [0.25, 0.3) is 0 Å². The van der Waals surface area contributed by atoms with Crippen LogP contribution in [0.5, 0.6) is 0 Å². The fourth-order valence-corrected chi connectivity index (χ4v) is 1.64. The SMILES string of the molecule is CC1CCN1Cc1cn(CC(=O)O)nn1. The van der Waals surface area contributed by atoms with Crippen LogP contribution in [-0.4, -0.2) is 43.6 Å². The summed E-state index contributed by atoms with van der Waals surface area (Å²) in [4.78, 5) is 12.7. The van der Waals surface area contributed by atoms with Crippen LogP contribution in [-0.2, 0) is 17.9 Å². The van der Waals surface area contributed by atoms with Gasteiger partial charge in [0.25, 0.3) is 0 Å². The minimum Gasteiger partial charge on any atom is -0.480 e. The number of carbonyl (C=O) groups is 1. The first kappa shape index (κ1) is 10.1. The van der Waals surface area contributed by atoms with E-state index in [4.69, 9.17) is 5.11 Å². The van der Waals surface area contributed by atoms with Crippen molar-refractivity contribution in [1.82, 2.24) is 19.9 Å². The molecule has 0 amide bonds. The number of rotatable bonds is 4. The van der Waals surface area contributed by atoms with E-state index < -0.39 is 5.97 Å². The topological polar surface area (TPSA) is 71.2 Å². The summed E-state index contributed by atoms with van der Waals surface area (Å²) in [6.07, 6.45) is 2.92. The zero-order valence-electron chi connectivity index (χ0n) is 8.63. The van der Waals surface area contributed by atoms with Gasteiger partial charge in [-0.05, 0) is 13.3 Å². The van der Waals surface area contributed by atoms with Crippen LogP contribution >= 0.6 is 0 Å². The summed E-state index contributed by atoms with van der Waals surface area (Å²) < 4.78 is 1.35. The lowest BCUT2D eigenvalue weighted by Gasteiger charge is -2.37. The number of hydrogen-bond acceptors (Lipinski definition) is 4. The molecule has 0 bridgehead atoms. The fourth-order valence-electron chi connectivity index (χ4n) is 1.64. The molecule has 1 saturated heterocycles. The molecule has 1 aromatic heterocycles. The first-order valence-electron chi connectivity index (χ1n) is 5.00. The van der Waals surface area contributed by atoms with Crippen molar-refractivity contribution < 1.29 is 9.90 Å². The maximum absolute atomic E-state index is 10.4. The van der Waals surface area contributed by atoms with Crippen molar-refractivity contribution in [2.75, 3.05) is 6.54 Å². The molecule has 2 rings (SSSR count). The highest BCUT2D eigenvalue weighted by atomic mass is 16.4. The molecule has 6 heteroatoms. The lowest BCUT2D eigenvalue weighted by molar-refractivity contribution is -0.137. The van der Waals surface area contributed by atoms with Crippen LogP contribution in [0.4, 0.5) is 0 Å². The number of nitrogens with zero attached hydrogens (tertiary/aromatic N) is 4. The third kappa shape index (κ3) is 2.33. The molecule has 0 saturated carbocycles. The smallest absolute Gasteiger partial charge is 0.325 e. The van der Waals surface area contributed by atoms with E-state index in [-0.39, 0.29) is 6.54 Å². The van der Waals surface area contributed by atoms with E-state index in [9.17, 15) is 4.79 Å². The first-order valence-corrected chi connectivity index (χ1v) is 5.00. The van der Waals surface area contributed by atoms with Gasteiger partial charge < -0.3 is 5.11 Å². The Morgan fingerprint density at radius 3 is 3.07 bits per heavy atom. The Labute approximate surface area is 87.5 Å². The van der Waals surface area contributed by atoms with Gasteiger partial charge in [-0.15, -0.1) is 5.10 Å². The Morgan fingerprint density at radius 2 is 2.53 bits per heavy atom. The Kier molecular flexibility index (Phi) is 2.68. The van der Waals surface area contributed by atoms with Crippen molar-refractivity contribution in [3.63, 3.8) is 0 Å². The largest absolute Gasteiger partial charge is 0.480 e. The quantitative estimate of drug-likeness (QED) is 0.754. The molecule has 1 aliphatic rings. The van der Waals surface area contributed by atoms with Crippen molar-refractivity contribution in [1.29, 1.82) is 0 Å². The molecule has 1 atom stereocenters. The molecular weight excluding hydrogens is 196 g/mol. The molecule has 1 fully saturated rings. The van der Waals surface area contributed by atoms with Crippen LogP contribution in [0.1, 0.15) is 19.0 Å². The van der Waals surface area contributed by atoms with Gasteiger partial charge in [-0.1, -0.05) is 5.21 Å². The minimum atomic E-state index is -0.899. The number of carboxylic acids is 1. The molecule has 15 heavy (non-hydrogen) atoms. The lowest BCUT2D eigenvalue weighted by atomic mass is 10.1. The number of aromatic nitrogens is 3. The molecule has 1 aliphatic heterocycles. The van der Waals surface area contributed by atoms with Crippen LogP contribution in [0.3, 0.4) is 0 Å². The minimum absolute atomic E-state index is 0.122. The number of likely N-dealkylation sites (tertiary alicyclic amines) is 1. The van der Waals surface area contributed by atoms with E-state index in [2.05, 4.69) is 22.1 Å². The van der Waals surface area contributed by atoms with E-state index in [1.165, 1.54) is 11.1 Å². The molecule has 82 valence electrons. The number of hydrogen-bond donors (Lipinski definition) is 1. The predicted molar refractivity (Wildman–Crippen MR) is 52.1 cm³/mol. The Balaban J connectivity index is 1.92. The molecular formula is C9H14N4O2. The van der Waals surface area contributed by atoms with Gasteiger partial charge >= 0.3 is 5.97 Å². The zero-order chi connectivity index (χ0) is 10.8. The average Bonchev–Trinajstić information content (AvgIpc) is 2.59. The fraction of sp³-hybridized carbons (Fsp3) is 0.667. The number of aliphatic carboxylic acids is 1. The summed E-state index contributed by atoms with van der Waals surface area (Å²) >= 11 is 0. The molecule has 1 N–H and O–H groups in total. The Hall–Kier alpha value is -1.43. The van der Waals surface area contributed by atoms with Crippen molar-refractivity contribution in [2.24, 2.45) is 0 Å². The van der Waals surface area contributed by atoms with Crippen molar-refractivity contribution in [2.45, 2.75) is 32.5 Å². The normalized spacial score (nSPS) is 21.3.